The largest absolute Gasteiger partial charge is 0.457 e. The minimum absolute atomic E-state index is 0.195. The molecule has 0 spiro atoms. The van der Waals surface area contributed by atoms with E-state index < -0.39 is 0 Å². The summed E-state index contributed by atoms with van der Waals surface area (Å²) in [5.74, 6) is -0.294. The highest BCUT2D eigenvalue weighted by molar-refractivity contribution is 5.89. The molecule has 2 rings (SSSR count). The molecule has 3 heteroatoms. The van der Waals surface area contributed by atoms with Crippen LogP contribution in [0, 0.1) is 0 Å². The van der Waals surface area contributed by atoms with Crippen LogP contribution in [0.25, 0.3) is 0 Å². The van der Waals surface area contributed by atoms with Crippen LogP contribution in [0.1, 0.15) is 34.8 Å². The summed E-state index contributed by atoms with van der Waals surface area (Å²) in [5, 5.41) is 0. The van der Waals surface area contributed by atoms with Crippen LogP contribution >= 0.6 is 0 Å². The third-order valence-electron chi connectivity index (χ3n) is 3.29. The third-order valence-corrected chi connectivity index (χ3v) is 3.29. The summed E-state index contributed by atoms with van der Waals surface area (Å²) < 4.78 is 5.29. The number of carbonyl (C=O) groups is 1. The molecule has 110 valence electrons. The van der Waals surface area contributed by atoms with E-state index in [0.717, 1.165) is 18.4 Å². The quantitative estimate of drug-likeness (QED) is 0.827. The molecule has 0 unspecified atom stereocenters. The van der Waals surface area contributed by atoms with Gasteiger partial charge in [0.05, 0.1) is 5.56 Å². The van der Waals surface area contributed by atoms with Crippen molar-refractivity contribution in [3.8, 4) is 0 Å². The molecule has 0 fully saturated rings. The Bertz CT molecular complexity index is 562. The monoisotopic (exact) mass is 283 g/mol. The van der Waals surface area contributed by atoms with Gasteiger partial charge >= 0.3 is 5.97 Å². The molecule has 1 atom stereocenters. The first-order valence-corrected chi connectivity index (χ1v) is 7.21. The van der Waals surface area contributed by atoms with Crippen LogP contribution in [0.3, 0.4) is 0 Å². The molecule has 0 amide bonds. The van der Waals surface area contributed by atoms with E-state index in [4.69, 9.17) is 10.5 Å². The summed E-state index contributed by atoms with van der Waals surface area (Å²) in [6, 6.07) is 17.4. The number of hydrogen-bond acceptors (Lipinski definition) is 3. The van der Waals surface area contributed by atoms with Gasteiger partial charge in [-0.1, -0.05) is 42.5 Å². The first kappa shape index (κ1) is 15.3. The van der Waals surface area contributed by atoms with Gasteiger partial charge in [-0.3, -0.25) is 0 Å². The highest BCUT2D eigenvalue weighted by Gasteiger charge is 2.07. The normalized spacial score (nSPS) is 11.9. The molecule has 0 heterocycles. The zero-order chi connectivity index (χ0) is 15.1. The minimum Gasteiger partial charge on any atom is -0.457 e. The SMILES string of the molecule is C[C@@H](N)CCc1ccc(C(=O)OCc2ccccc2)cc1. The second-order valence-corrected chi connectivity index (χ2v) is 5.27. The molecule has 0 saturated carbocycles. The van der Waals surface area contributed by atoms with Gasteiger partial charge in [0.2, 0.25) is 0 Å². The van der Waals surface area contributed by atoms with Crippen molar-refractivity contribution in [3.63, 3.8) is 0 Å². The van der Waals surface area contributed by atoms with Crippen molar-refractivity contribution in [2.45, 2.75) is 32.4 Å². The van der Waals surface area contributed by atoms with Crippen LogP contribution < -0.4 is 5.73 Å². The number of hydrogen-bond donors (Lipinski definition) is 1. The zero-order valence-electron chi connectivity index (χ0n) is 12.3. The van der Waals surface area contributed by atoms with E-state index >= 15 is 0 Å². The van der Waals surface area contributed by atoms with Gasteiger partial charge in [-0.2, -0.15) is 0 Å². The van der Waals surface area contributed by atoms with E-state index in [1.54, 1.807) is 0 Å². The molecule has 21 heavy (non-hydrogen) atoms. The Labute approximate surface area is 125 Å². The van der Waals surface area contributed by atoms with Crippen LogP contribution in [0.2, 0.25) is 0 Å². The number of rotatable bonds is 6. The second kappa shape index (κ2) is 7.60. The van der Waals surface area contributed by atoms with E-state index in [-0.39, 0.29) is 12.0 Å². The lowest BCUT2D eigenvalue weighted by Crippen LogP contribution is -2.15. The fourth-order valence-electron chi connectivity index (χ4n) is 2.01. The van der Waals surface area contributed by atoms with E-state index in [9.17, 15) is 4.79 Å². The fourth-order valence-corrected chi connectivity index (χ4v) is 2.01. The van der Waals surface area contributed by atoms with Crippen LogP contribution in [0.4, 0.5) is 0 Å². The molecule has 0 aliphatic carbocycles. The first-order valence-electron chi connectivity index (χ1n) is 7.21. The average molecular weight is 283 g/mol. The Kier molecular flexibility index (Phi) is 5.52. The molecule has 2 N–H and O–H groups in total. The number of ether oxygens (including phenoxy) is 1. The zero-order valence-corrected chi connectivity index (χ0v) is 12.3. The Morgan fingerprint density at radius 1 is 1.05 bits per heavy atom. The van der Waals surface area contributed by atoms with Crippen LogP contribution in [0.5, 0.6) is 0 Å². The molecule has 2 aromatic rings. The smallest absolute Gasteiger partial charge is 0.338 e. The standard InChI is InChI=1S/C18H21NO2/c1-14(19)7-8-15-9-11-17(12-10-15)18(20)21-13-16-5-3-2-4-6-16/h2-6,9-12,14H,7-8,13,19H2,1H3/t14-/m1/s1. The van der Waals surface area contributed by atoms with Gasteiger partial charge in [0.25, 0.3) is 0 Å². The maximum Gasteiger partial charge on any atom is 0.338 e. The Morgan fingerprint density at radius 2 is 1.71 bits per heavy atom. The molecule has 0 radical (unpaired) electrons. The summed E-state index contributed by atoms with van der Waals surface area (Å²) in [6.07, 6.45) is 1.87. The van der Waals surface area contributed by atoms with E-state index in [0.29, 0.717) is 12.2 Å². The molecule has 2 aromatic carbocycles. The van der Waals surface area contributed by atoms with Crippen LogP contribution in [-0.4, -0.2) is 12.0 Å². The highest BCUT2D eigenvalue weighted by Crippen LogP contribution is 2.10. The Balaban J connectivity index is 1.88. The summed E-state index contributed by atoms with van der Waals surface area (Å²) in [5.41, 5.74) is 8.49. The summed E-state index contributed by atoms with van der Waals surface area (Å²) >= 11 is 0. The summed E-state index contributed by atoms with van der Waals surface area (Å²) in [6.45, 7) is 2.29. The second-order valence-electron chi connectivity index (χ2n) is 5.27. The van der Waals surface area contributed by atoms with Gasteiger partial charge in [-0.25, -0.2) is 4.79 Å². The first-order chi connectivity index (χ1) is 10.1. The molecule has 3 nitrogen and oxygen atoms in total. The molecule has 0 bridgehead atoms. The molecule has 0 aliphatic heterocycles. The summed E-state index contributed by atoms with van der Waals surface area (Å²) in [4.78, 5) is 12.0. The van der Waals surface area contributed by atoms with Gasteiger partial charge < -0.3 is 10.5 Å². The lowest BCUT2D eigenvalue weighted by Gasteiger charge is -2.07. The van der Waals surface area contributed by atoms with E-state index in [2.05, 4.69) is 0 Å². The predicted octanol–water partition coefficient (Wildman–Crippen LogP) is 3.32. The number of nitrogens with two attached hydrogens (primary N) is 1. The molecule has 0 aliphatic rings. The van der Waals surface area contributed by atoms with Crippen molar-refractivity contribution in [2.75, 3.05) is 0 Å². The third kappa shape index (κ3) is 5.04. The van der Waals surface area contributed by atoms with Crippen molar-refractivity contribution < 1.29 is 9.53 Å². The van der Waals surface area contributed by atoms with Gasteiger partial charge in [-0.05, 0) is 43.0 Å². The van der Waals surface area contributed by atoms with Crippen molar-refractivity contribution >= 4 is 5.97 Å². The number of benzene rings is 2. The van der Waals surface area contributed by atoms with Gasteiger partial charge in [0, 0.05) is 6.04 Å². The Morgan fingerprint density at radius 3 is 2.33 bits per heavy atom. The van der Waals surface area contributed by atoms with Crippen molar-refractivity contribution in [3.05, 3.63) is 71.3 Å². The lowest BCUT2D eigenvalue weighted by atomic mass is 10.0. The molecule has 0 saturated heterocycles. The maximum absolute atomic E-state index is 12.0. The highest BCUT2D eigenvalue weighted by atomic mass is 16.5. The summed E-state index contributed by atoms with van der Waals surface area (Å²) in [7, 11) is 0. The van der Waals surface area contributed by atoms with E-state index in [1.165, 1.54) is 5.56 Å². The number of aryl methyl sites for hydroxylation is 1. The van der Waals surface area contributed by atoms with E-state index in [1.807, 2.05) is 61.5 Å². The minimum atomic E-state index is -0.294. The van der Waals surface area contributed by atoms with Gasteiger partial charge in [-0.15, -0.1) is 0 Å². The lowest BCUT2D eigenvalue weighted by molar-refractivity contribution is 0.0472. The molecular weight excluding hydrogens is 262 g/mol. The van der Waals surface area contributed by atoms with Crippen molar-refractivity contribution in [1.29, 1.82) is 0 Å². The topological polar surface area (TPSA) is 52.3 Å². The Hall–Kier alpha value is -2.13. The fraction of sp³-hybridized carbons (Fsp3) is 0.278. The van der Waals surface area contributed by atoms with Crippen molar-refractivity contribution in [2.24, 2.45) is 5.73 Å². The van der Waals surface area contributed by atoms with Crippen molar-refractivity contribution in [1.82, 2.24) is 0 Å². The predicted molar refractivity (Wildman–Crippen MR) is 84.0 cm³/mol. The molecular formula is C18H21NO2. The van der Waals surface area contributed by atoms with Gasteiger partial charge in [0.15, 0.2) is 0 Å². The van der Waals surface area contributed by atoms with Gasteiger partial charge in [0.1, 0.15) is 6.61 Å². The number of carbonyl (C=O) groups excluding carboxylic acids is 1. The number of esters is 1. The average Bonchev–Trinajstić information content (AvgIpc) is 2.52. The van der Waals surface area contributed by atoms with Crippen LogP contribution in [0.15, 0.2) is 54.6 Å². The van der Waals surface area contributed by atoms with Crippen LogP contribution in [-0.2, 0) is 17.8 Å². The molecule has 0 aromatic heterocycles. The maximum atomic E-state index is 12.0.